The van der Waals surface area contributed by atoms with Crippen molar-refractivity contribution in [2.75, 3.05) is 13.1 Å². The Morgan fingerprint density at radius 1 is 1.06 bits per heavy atom. The number of piperidine rings is 1. The van der Waals surface area contributed by atoms with Crippen LogP contribution < -0.4 is 21.5 Å². The van der Waals surface area contributed by atoms with E-state index in [9.17, 15) is 0 Å². The number of benzene rings is 1. The van der Waals surface area contributed by atoms with E-state index in [-0.39, 0.29) is 0 Å². The lowest BCUT2D eigenvalue weighted by Crippen LogP contribution is -2.29. The highest BCUT2D eigenvalue weighted by molar-refractivity contribution is 5.40. The van der Waals surface area contributed by atoms with Crippen LogP contribution >= 0.6 is 0 Å². The van der Waals surface area contributed by atoms with Gasteiger partial charge in [0.05, 0.1) is 0 Å². The van der Waals surface area contributed by atoms with E-state index in [1.54, 1.807) is 6.07 Å². The van der Waals surface area contributed by atoms with Crippen molar-refractivity contribution in [1.29, 1.82) is 0 Å². The molecule has 1 aliphatic heterocycles. The molecular weight excluding hydrogens is 219 g/mol. The summed E-state index contributed by atoms with van der Waals surface area (Å²) >= 11 is 0. The van der Waals surface area contributed by atoms with Gasteiger partial charge in [0, 0.05) is 18.2 Å². The molecule has 5 nitrogen and oxygen atoms in total. The first-order valence-electron chi connectivity index (χ1n) is 5.92. The largest absolute Gasteiger partial charge is 0.411 e. The molecule has 0 amide bonds. The minimum absolute atomic E-state index is 0.549. The Bertz CT molecular complexity index is 365. The Hall–Kier alpha value is -1.30. The Kier molecular flexibility index (Phi) is 4.19. The van der Waals surface area contributed by atoms with Crippen molar-refractivity contribution < 1.29 is 9.68 Å². The van der Waals surface area contributed by atoms with Gasteiger partial charge in [-0.05, 0) is 32.0 Å². The summed E-state index contributed by atoms with van der Waals surface area (Å²) in [7, 11) is 0. The zero-order valence-electron chi connectivity index (χ0n) is 9.89. The van der Waals surface area contributed by atoms with Gasteiger partial charge in [-0.3, -0.25) is 4.90 Å². The summed E-state index contributed by atoms with van der Waals surface area (Å²) in [6, 6.07) is 5.47. The topological polar surface area (TPSA) is 73.7 Å². The van der Waals surface area contributed by atoms with Gasteiger partial charge in [0.2, 0.25) is 0 Å². The third kappa shape index (κ3) is 3.09. The molecule has 17 heavy (non-hydrogen) atoms. The molecule has 0 aromatic heterocycles. The van der Waals surface area contributed by atoms with E-state index in [1.807, 2.05) is 12.1 Å². The van der Waals surface area contributed by atoms with Gasteiger partial charge < -0.3 is 9.68 Å². The highest BCUT2D eigenvalue weighted by atomic mass is 16.8. The summed E-state index contributed by atoms with van der Waals surface area (Å²) in [6.45, 7) is 3.13. The third-order valence-corrected chi connectivity index (χ3v) is 3.14. The second kappa shape index (κ2) is 5.86. The fourth-order valence-electron chi connectivity index (χ4n) is 2.21. The Labute approximate surface area is 101 Å². The smallest absolute Gasteiger partial charge is 0.155 e. The number of hydrogen-bond donors (Lipinski definition) is 2. The van der Waals surface area contributed by atoms with Crippen LogP contribution in [0, 0.1) is 0 Å². The van der Waals surface area contributed by atoms with Crippen molar-refractivity contribution >= 4 is 0 Å². The second-order valence-corrected chi connectivity index (χ2v) is 4.34. The Morgan fingerprint density at radius 2 is 1.82 bits per heavy atom. The summed E-state index contributed by atoms with van der Waals surface area (Å²) in [5, 5.41) is 0. The summed E-state index contributed by atoms with van der Waals surface area (Å²) in [5.41, 5.74) is 1.07. The van der Waals surface area contributed by atoms with Gasteiger partial charge in [-0.2, -0.15) is 11.8 Å². The van der Waals surface area contributed by atoms with Crippen LogP contribution in [0.25, 0.3) is 0 Å². The van der Waals surface area contributed by atoms with Crippen LogP contribution in [-0.2, 0) is 6.54 Å². The van der Waals surface area contributed by atoms with E-state index in [2.05, 4.69) is 9.74 Å². The van der Waals surface area contributed by atoms with E-state index >= 15 is 0 Å². The summed E-state index contributed by atoms with van der Waals surface area (Å²) in [6.07, 6.45) is 3.86. The maximum absolute atomic E-state index is 5.26. The Morgan fingerprint density at radius 3 is 2.47 bits per heavy atom. The normalized spacial score (nSPS) is 16.8. The third-order valence-electron chi connectivity index (χ3n) is 3.14. The van der Waals surface area contributed by atoms with Crippen molar-refractivity contribution in [2.24, 2.45) is 11.8 Å². The molecule has 0 spiro atoms. The SMILES string of the molecule is NOc1cc(O[15NH2])ccc1CN1CCCCC1. The summed E-state index contributed by atoms with van der Waals surface area (Å²) < 4.78 is 0. The van der Waals surface area contributed by atoms with Gasteiger partial charge in [-0.1, -0.05) is 12.5 Å². The molecule has 0 aliphatic carbocycles. The van der Waals surface area contributed by atoms with Crippen molar-refractivity contribution in [1.82, 2.24) is 4.90 Å². The van der Waals surface area contributed by atoms with E-state index in [0.29, 0.717) is 11.5 Å². The molecule has 1 aliphatic rings. The van der Waals surface area contributed by atoms with Gasteiger partial charge in [-0.15, -0.1) is 0 Å². The van der Waals surface area contributed by atoms with E-state index < -0.39 is 0 Å². The van der Waals surface area contributed by atoms with Crippen LogP contribution in [0.4, 0.5) is 0 Å². The fraction of sp³-hybridized carbons (Fsp3) is 0.500. The number of hydrogen-bond acceptors (Lipinski definition) is 5. The maximum atomic E-state index is 5.26. The number of nitrogens with two attached hydrogens (primary N) is 2. The van der Waals surface area contributed by atoms with Gasteiger partial charge in [0.1, 0.15) is 0 Å². The fourth-order valence-corrected chi connectivity index (χ4v) is 2.21. The van der Waals surface area contributed by atoms with Crippen LogP contribution in [0.15, 0.2) is 18.2 Å². The van der Waals surface area contributed by atoms with E-state index in [4.69, 9.17) is 16.6 Å². The number of nitrogens with zero attached hydrogens (tertiary/aromatic N) is 1. The van der Waals surface area contributed by atoms with Crippen LogP contribution in [-0.4, -0.2) is 18.0 Å². The number of likely N-dealkylation sites (tertiary alicyclic amines) is 1. The average molecular weight is 238 g/mol. The molecule has 0 radical (unpaired) electrons. The molecule has 1 fully saturated rings. The first-order valence-corrected chi connectivity index (χ1v) is 5.92. The van der Waals surface area contributed by atoms with Gasteiger partial charge >= 0.3 is 0 Å². The van der Waals surface area contributed by atoms with Gasteiger partial charge in [0.15, 0.2) is 11.5 Å². The molecule has 1 saturated heterocycles. The molecular formula is C12H19N3O2. The van der Waals surface area contributed by atoms with Crippen LogP contribution in [0.1, 0.15) is 24.8 Å². The minimum atomic E-state index is 0.549. The monoisotopic (exact) mass is 238 g/mol. The molecule has 1 heterocycles. The molecule has 2 rings (SSSR count). The summed E-state index contributed by atoms with van der Waals surface area (Å²) in [4.78, 5) is 11.9. The standard InChI is InChI=1S/C12H19N3O2/c13-16-11-5-4-10(12(8-11)17-14)9-15-6-2-1-3-7-15/h4-5,8H,1-3,6-7,9,13-14H2/i13+1. The molecule has 1 aromatic carbocycles. The molecule has 0 bridgehead atoms. The number of rotatable bonds is 4. The first-order chi connectivity index (χ1) is 8.33. The quantitative estimate of drug-likeness (QED) is 0.608. The van der Waals surface area contributed by atoms with Gasteiger partial charge in [-0.25, -0.2) is 0 Å². The molecule has 94 valence electrons. The first kappa shape index (κ1) is 12.2. The predicted octanol–water partition coefficient (Wildman–Crippen LogP) is 1.18. The lowest BCUT2D eigenvalue weighted by molar-refractivity contribution is 0.216. The molecule has 0 atom stereocenters. The zero-order chi connectivity index (χ0) is 12.1. The van der Waals surface area contributed by atoms with Crippen LogP contribution in [0.2, 0.25) is 0 Å². The lowest BCUT2D eigenvalue weighted by atomic mass is 10.1. The highest BCUT2D eigenvalue weighted by Crippen LogP contribution is 2.25. The molecule has 4 N–H and O–H groups in total. The molecule has 1 aromatic rings. The predicted molar refractivity (Wildman–Crippen MR) is 65.2 cm³/mol. The maximum Gasteiger partial charge on any atom is 0.155 e. The van der Waals surface area contributed by atoms with Crippen molar-refractivity contribution in [3.63, 3.8) is 0 Å². The minimum Gasteiger partial charge on any atom is -0.411 e. The zero-order valence-corrected chi connectivity index (χ0v) is 9.89. The van der Waals surface area contributed by atoms with Crippen LogP contribution in [0.3, 0.4) is 0 Å². The van der Waals surface area contributed by atoms with Crippen LogP contribution in [0.5, 0.6) is 11.5 Å². The van der Waals surface area contributed by atoms with E-state index in [0.717, 1.165) is 25.2 Å². The van der Waals surface area contributed by atoms with Crippen molar-refractivity contribution in [3.8, 4) is 11.5 Å². The van der Waals surface area contributed by atoms with E-state index in [1.165, 1.54) is 19.3 Å². The highest BCUT2D eigenvalue weighted by Gasteiger charge is 2.13. The Balaban J connectivity index is 2.08. The molecule has 0 saturated carbocycles. The average Bonchev–Trinajstić information content (AvgIpc) is 2.40. The van der Waals surface area contributed by atoms with Gasteiger partial charge in [0.25, 0.3) is 0 Å². The lowest BCUT2D eigenvalue weighted by Gasteiger charge is -2.26. The van der Waals surface area contributed by atoms with Crippen molar-refractivity contribution in [2.45, 2.75) is 25.8 Å². The molecule has 0 unspecified atom stereocenters. The second-order valence-electron chi connectivity index (χ2n) is 4.34. The van der Waals surface area contributed by atoms with Crippen molar-refractivity contribution in [3.05, 3.63) is 23.8 Å². The molecule has 5 heteroatoms. The summed E-state index contributed by atoms with van der Waals surface area (Å²) in [5.74, 6) is 11.5.